The summed E-state index contributed by atoms with van der Waals surface area (Å²) < 4.78 is 47.4. The van der Waals surface area contributed by atoms with Crippen LogP contribution in [0.4, 0.5) is 8.78 Å². The zero-order chi connectivity index (χ0) is 23.4. The molecule has 0 fully saturated rings. The first-order valence-electron chi connectivity index (χ1n) is 9.86. The van der Waals surface area contributed by atoms with Crippen LogP contribution in [-0.4, -0.2) is 21.2 Å². The van der Waals surface area contributed by atoms with Crippen LogP contribution in [0.2, 0.25) is 0 Å². The van der Waals surface area contributed by atoms with Gasteiger partial charge in [-0.3, -0.25) is 0 Å². The van der Waals surface area contributed by atoms with Gasteiger partial charge in [-0.15, -0.1) is 0 Å². The molecule has 6 nitrogen and oxygen atoms in total. The quantitative estimate of drug-likeness (QED) is 0.254. The van der Waals surface area contributed by atoms with Crippen molar-refractivity contribution in [2.24, 2.45) is 0 Å². The van der Waals surface area contributed by atoms with E-state index in [4.69, 9.17) is 4.52 Å². The Morgan fingerprint density at radius 3 is 2.33 bits per heavy atom. The number of hydrogen-bond donors (Lipinski definition) is 1. The highest BCUT2D eigenvalue weighted by Gasteiger charge is 2.35. The average molecular weight is 535 g/mol. The summed E-state index contributed by atoms with van der Waals surface area (Å²) in [4.78, 5) is 13.9. The van der Waals surface area contributed by atoms with Crippen molar-refractivity contribution in [3.05, 3.63) is 100 Å². The monoisotopic (exact) mass is 534 g/mol. The zero-order valence-electron chi connectivity index (χ0n) is 17.0. The van der Waals surface area contributed by atoms with Crippen molar-refractivity contribution in [2.45, 2.75) is 18.5 Å². The van der Waals surface area contributed by atoms with E-state index in [9.17, 15) is 18.2 Å². The first kappa shape index (κ1) is 23.3. The first-order chi connectivity index (χ1) is 15.8. The number of benzene rings is 3. The van der Waals surface area contributed by atoms with Gasteiger partial charge in [0.2, 0.25) is 0 Å². The predicted octanol–water partition coefficient (Wildman–Crippen LogP) is 6.66. The van der Waals surface area contributed by atoms with Crippen LogP contribution >= 0.6 is 23.5 Å². The molecule has 0 radical (unpaired) electrons. The summed E-state index contributed by atoms with van der Waals surface area (Å²) >= 11 is 3.23. The molecule has 1 N–H and O–H groups in total. The molecule has 1 heterocycles. The van der Waals surface area contributed by atoms with Gasteiger partial charge >= 0.3 is 13.8 Å². The van der Waals surface area contributed by atoms with Gasteiger partial charge in [0.05, 0.1) is 10.4 Å². The molecule has 170 valence electrons. The van der Waals surface area contributed by atoms with E-state index in [1.54, 1.807) is 12.1 Å². The second-order valence-electron chi connectivity index (χ2n) is 7.19. The molecule has 3 aromatic carbocycles. The Kier molecular flexibility index (Phi) is 7.02. The van der Waals surface area contributed by atoms with Gasteiger partial charge in [-0.05, 0) is 57.7 Å². The highest BCUT2D eigenvalue weighted by Crippen LogP contribution is 2.50. The molecule has 0 saturated heterocycles. The minimum absolute atomic E-state index is 0.146. The molecule has 0 aliphatic rings. The van der Waals surface area contributed by atoms with Gasteiger partial charge in [-0.2, -0.15) is 13.8 Å². The second kappa shape index (κ2) is 9.95. The number of rotatable bonds is 8. The van der Waals surface area contributed by atoms with E-state index < -0.39 is 13.8 Å². The lowest BCUT2D eigenvalue weighted by Gasteiger charge is -2.16. The molecule has 0 amide bonds. The number of aromatic nitrogens is 2. The fourth-order valence-electron chi connectivity index (χ4n) is 3.28. The molecule has 1 aromatic heterocycles. The molecule has 0 aliphatic heterocycles. The summed E-state index contributed by atoms with van der Waals surface area (Å²) in [6.45, 7) is 0. The summed E-state index contributed by atoms with van der Waals surface area (Å²) in [5.74, 6) is 0.499. The second-order valence-corrected chi connectivity index (χ2v) is 9.74. The molecule has 0 aliphatic carbocycles. The van der Waals surface area contributed by atoms with Crippen molar-refractivity contribution in [1.29, 1.82) is 0 Å². The predicted molar refractivity (Wildman–Crippen MR) is 122 cm³/mol. The molecule has 4 aromatic rings. The van der Waals surface area contributed by atoms with Crippen molar-refractivity contribution in [3.63, 3.8) is 0 Å². The van der Waals surface area contributed by atoms with Crippen LogP contribution in [0.15, 0.2) is 87.9 Å². The average Bonchev–Trinajstić information content (AvgIpc) is 3.30. The third-order valence-electron chi connectivity index (χ3n) is 4.89. The van der Waals surface area contributed by atoms with Gasteiger partial charge in [0.15, 0.2) is 5.82 Å². The maximum Gasteiger partial charge on any atom is 0.442 e. The zero-order valence-corrected chi connectivity index (χ0v) is 19.5. The lowest BCUT2D eigenvalue weighted by molar-refractivity contribution is 0.188. The van der Waals surface area contributed by atoms with Crippen LogP contribution in [0.1, 0.15) is 22.9 Å². The van der Waals surface area contributed by atoms with E-state index in [1.165, 1.54) is 6.07 Å². The van der Waals surface area contributed by atoms with Crippen molar-refractivity contribution in [3.8, 4) is 17.2 Å². The van der Waals surface area contributed by atoms with Crippen molar-refractivity contribution in [2.75, 3.05) is 0 Å². The van der Waals surface area contributed by atoms with Gasteiger partial charge in [-0.1, -0.05) is 59.8 Å². The van der Waals surface area contributed by atoms with Gasteiger partial charge in [0.1, 0.15) is 5.75 Å². The lowest BCUT2D eigenvalue weighted by Crippen LogP contribution is -2.07. The number of halogens is 3. The minimum Gasteiger partial charge on any atom is -0.420 e. The van der Waals surface area contributed by atoms with Crippen LogP contribution in [0, 0.1) is 0 Å². The van der Waals surface area contributed by atoms with E-state index in [-0.39, 0.29) is 16.1 Å². The van der Waals surface area contributed by atoms with Gasteiger partial charge in [0, 0.05) is 5.56 Å². The minimum atomic E-state index is -5.07. The van der Waals surface area contributed by atoms with E-state index in [2.05, 4.69) is 30.6 Å². The van der Waals surface area contributed by atoms with E-state index in [0.29, 0.717) is 18.1 Å². The highest BCUT2D eigenvalue weighted by atomic mass is 79.9. The highest BCUT2D eigenvalue weighted by molar-refractivity contribution is 9.10. The molecule has 10 heteroatoms. The van der Waals surface area contributed by atoms with Crippen molar-refractivity contribution >= 4 is 23.5 Å². The Bertz CT molecular complexity index is 1270. The van der Waals surface area contributed by atoms with Crippen LogP contribution in [-0.2, 0) is 11.0 Å². The Morgan fingerprint density at radius 1 is 1.03 bits per heavy atom. The SMILES string of the molecule is O=P(O)(Oc1ccc(CC(c2ccccc2)c2noc(-c3ccccc3)n2)cc1Br)C(F)F. The molecular weight excluding hydrogens is 517 g/mol. The topological polar surface area (TPSA) is 85.5 Å². The van der Waals surface area contributed by atoms with E-state index >= 15 is 0 Å². The maximum absolute atomic E-state index is 12.7. The van der Waals surface area contributed by atoms with E-state index in [0.717, 1.165) is 16.7 Å². The Labute approximate surface area is 196 Å². The molecule has 2 unspecified atom stereocenters. The molecule has 4 rings (SSSR count). The molecule has 0 spiro atoms. The largest absolute Gasteiger partial charge is 0.442 e. The summed E-state index contributed by atoms with van der Waals surface area (Å²) in [7, 11) is -5.07. The van der Waals surface area contributed by atoms with Crippen LogP contribution in [0.3, 0.4) is 0 Å². The Balaban J connectivity index is 1.63. The third-order valence-corrected chi connectivity index (χ3v) is 6.46. The number of nitrogens with zero attached hydrogens (tertiary/aromatic N) is 2. The van der Waals surface area contributed by atoms with Gasteiger partial charge < -0.3 is 13.9 Å². The Hall–Kier alpha value is -2.87. The van der Waals surface area contributed by atoms with Crippen LogP contribution < -0.4 is 4.52 Å². The summed E-state index contributed by atoms with van der Waals surface area (Å²) in [5, 5.41) is 4.20. The van der Waals surface area contributed by atoms with E-state index in [1.807, 2.05) is 60.7 Å². The lowest BCUT2D eigenvalue weighted by atomic mass is 9.91. The molecule has 0 bridgehead atoms. The normalized spacial score (nSPS) is 14.1. The molecule has 2 atom stereocenters. The number of alkyl halides is 2. The summed E-state index contributed by atoms with van der Waals surface area (Å²) in [6.07, 6.45) is -3.04. The number of hydrogen-bond acceptors (Lipinski definition) is 5. The standard InChI is InChI=1S/C23H18BrF2N2O4P/c24-19-14-15(11-12-20(19)32-33(29,30)23(25)26)13-18(16-7-3-1-4-8-16)21-27-22(31-28-21)17-9-5-2-6-10-17/h1-12,14,18,23H,13H2,(H,29,30). The summed E-state index contributed by atoms with van der Waals surface area (Å²) in [6, 6.07) is 23.7. The first-order valence-corrected chi connectivity index (χ1v) is 12.3. The fourth-order valence-corrected chi connectivity index (χ4v) is 4.43. The van der Waals surface area contributed by atoms with Crippen LogP contribution in [0.25, 0.3) is 11.5 Å². The van der Waals surface area contributed by atoms with Crippen molar-refractivity contribution in [1.82, 2.24) is 10.1 Å². The molecule has 33 heavy (non-hydrogen) atoms. The van der Waals surface area contributed by atoms with Crippen molar-refractivity contribution < 1.29 is 27.3 Å². The third kappa shape index (κ3) is 5.55. The van der Waals surface area contributed by atoms with Gasteiger partial charge in [0.25, 0.3) is 5.89 Å². The van der Waals surface area contributed by atoms with Crippen LogP contribution in [0.5, 0.6) is 5.75 Å². The molecular formula is C23H18BrF2N2O4P. The molecule has 0 saturated carbocycles. The van der Waals surface area contributed by atoms with Gasteiger partial charge in [-0.25, -0.2) is 4.57 Å². The smallest absolute Gasteiger partial charge is 0.420 e. The maximum atomic E-state index is 12.7. The summed E-state index contributed by atoms with van der Waals surface area (Å²) in [5.41, 5.74) is 2.57. The fraction of sp³-hybridized carbons (Fsp3) is 0.130. The Morgan fingerprint density at radius 2 is 1.70 bits per heavy atom.